The number of thioether (sulfide) groups is 1. The lowest BCUT2D eigenvalue weighted by Gasteiger charge is -2.11. The molecule has 0 aromatic heterocycles. The van der Waals surface area contributed by atoms with Gasteiger partial charge in [0, 0.05) is 24.7 Å². The summed E-state index contributed by atoms with van der Waals surface area (Å²) in [5.74, 6) is -0.505. The van der Waals surface area contributed by atoms with Crippen molar-refractivity contribution < 1.29 is 22.7 Å². The standard InChI is InChI=1S/C18H20N2O5S2/c1-4-25-17(21)13-5-11-16(12-6-13)27(23,24)19-14-7-9-15(10-8-14)26-18(22)20(2)3/h5-12,19H,4H2,1-3H3. The van der Waals surface area contributed by atoms with E-state index in [1.54, 1.807) is 45.3 Å². The molecule has 2 aromatic rings. The van der Waals surface area contributed by atoms with E-state index in [1.807, 2.05) is 0 Å². The van der Waals surface area contributed by atoms with Crippen LogP contribution in [0.3, 0.4) is 0 Å². The van der Waals surface area contributed by atoms with E-state index in [-0.39, 0.29) is 22.3 Å². The van der Waals surface area contributed by atoms with Gasteiger partial charge in [0.15, 0.2) is 0 Å². The second-order valence-electron chi connectivity index (χ2n) is 5.64. The SMILES string of the molecule is CCOC(=O)c1ccc(S(=O)(=O)Nc2ccc(SC(=O)N(C)C)cc2)cc1. The highest BCUT2D eigenvalue weighted by Crippen LogP contribution is 2.24. The summed E-state index contributed by atoms with van der Waals surface area (Å²) in [7, 11) is -0.486. The third-order valence-electron chi connectivity index (χ3n) is 3.35. The van der Waals surface area contributed by atoms with E-state index < -0.39 is 16.0 Å². The number of carbonyl (C=O) groups excluding carboxylic acids is 2. The molecule has 0 atom stereocenters. The average molecular weight is 409 g/mol. The van der Waals surface area contributed by atoms with Crippen LogP contribution < -0.4 is 4.72 Å². The molecule has 2 rings (SSSR count). The first-order chi connectivity index (χ1) is 12.7. The predicted molar refractivity (Wildman–Crippen MR) is 105 cm³/mol. The van der Waals surface area contributed by atoms with Crippen LogP contribution in [-0.2, 0) is 14.8 Å². The molecule has 1 N–H and O–H groups in total. The van der Waals surface area contributed by atoms with Gasteiger partial charge in [-0.25, -0.2) is 13.2 Å². The normalized spacial score (nSPS) is 10.9. The number of esters is 1. The Morgan fingerprint density at radius 1 is 1.04 bits per heavy atom. The molecule has 27 heavy (non-hydrogen) atoms. The fourth-order valence-corrected chi connectivity index (χ4v) is 3.70. The van der Waals surface area contributed by atoms with Gasteiger partial charge in [0.05, 0.1) is 17.1 Å². The molecule has 0 saturated heterocycles. The van der Waals surface area contributed by atoms with Gasteiger partial charge in [-0.05, 0) is 67.2 Å². The summed E-state index contributed by atoms with van der Waals surface area (Å²) in [6.07, 6.45) is 0. The van der Waals surface area contributed by atoms with Crippen molar-refractivity contribution in [2.45, 2.75) is 16.7 Å². The molecular weight excluding hydrogens is 388 g/mol. The number of amides is 1. The van der Waals surface area contributed by atoms with Crippen LogP contribution in [0.1, 0.15) is 17.3 Å². The molecular formula is C18H20N2O5S2. The molecule has 0 aliphatic heterocycles. The molecule has 0 aliphatic rings. The van der Waals surface area contributed by atoms with Gasteiger partial charge >= 0.3 is 5.97 Å². The summed E-state index contributed by atoms with van der Waals surface area (Å²) < 4.78 is 32.3. The lowest BCUT2D eigenvalue weighted by Crippen LogP contribution is -2.16. The van der Waals surface area contributed by atoms with Crippen molar-refractivity contribution in [3.63, 3.8) is 0 Å². The summed E-state index contributed by atoms with van der Waals surface area (Å²) in [5.41, 5.74) is 0.647. The van der Waals surface area contributed by atoms with Crippen molar-refractivity contribution in [1.82, 2.24) is 4.90 Å². The number of sulfonamides is 1. The zero-order chi connectivity index (χ0) is 20.0. The van der Waals surface area contributed by atoms with E-state index in [1.165, 1.54) is 29.2 Å². The molecule has 0 fully saturated rings. The first-order valence-corrected chi connectivity index (χ1v) is 10.3. The van der Waals surface area contributed by atoms with Crippen LogP contribution in [0.5, 0.6) is 0 Å². The van der Waals surface area contributed by atoms with Crippen LogP contribution >= 0.6 is 11.8 Å². The largest absolute Gasteiger partial charge is 0.462 e. The van der Waals surface area contributed by atoms with Gasteiger partial charge < -0.3 is 9.64 Å². The van der Waals surface area contributed by atoms with Gasteiger partial charge in [0.1, 0.15) is 0 Å². The highest BCUT2D eigenvalue weighted by molar-refractivity contribution is 8.13. The molecule has 2 aromatic carbocycles. The van der Waals surface area contributed by atoms with E-state index >= 15 is 0 Å². The molecule has 0 radical (unpaired) electrons. The number of hydrogen-bond acceptors (Lipinski definition) is 6. The molecule has 0 aliphatic carbocycles. The van der Waals surface area contributed by atoms with E-state index in [4.69, 9.17) is 4.74 Å². The number of anilines is 1. The molecule has 0 saturated carbocycles. The van der Waals surface area contributed by atoms with Crippen LogP contribution in [-0.4, -0.2) is 45.2 Å². The number of rotatable bonds is 6. The van der Waals surface area contributed by atoms with Crippen molar-refractivity contribution in [3.8, 4) is 0 Å². The number of hydrogen-bond donors (Lipinski definition) is 1. The Hall–Kier alpha value is -2.52. The molecule has 1 amide bonds. The van der Waals surface area contributed by atoms with Gasteiger partial charge in [0.2, 0.25) is 0 Å². The number of benzene rings is 2. The molecule has 7 nitrogen and oxygen atoms in total. The first-order valence-electron chi connectivity index (χ1n) is 8.02. The molecule has 0 bridgehead atoms. The fourth-order valence-electron chi connectivity index (χ4n) is 1.98. The van der Waals surface area contributed by atoms with Gasteiger partial charge in [-0.2, -0.15) is 0 Å². The fraction of sp³-hybridized carbons (Fsp3) is 0.222. The Labute approximate surface area is 162 Å². The van der Waals surface area contributed by atoms with E-state index in [2.05, 4.69) is 4.72 Å². The lowest BCUT2D eigenvalue weighted by atomic mass is 10.2. The zero-order valence-corrected chi connectivity index (χ0v) is 16.8. The summed E-state index contributed by atoms with van der Waals surface area (Å²) in [4.78, 5) is 25.5. The monoisotopic (exact) mass is 408 g/mol. The van der Waals surface area contributed by atoms with Crippen LogP contribution in [0.25, 0.3) is 0 Å². The summed E-state index contributed by atoms with van der Waals surface area (Å²) >= 11 is 1.05. The Bertz CT molecular complexity index is 908. The Kier molecular flexibility index (Phi) is 6.86. The van der Waals surface area contributed by atoms with Crippen molar-refractivity contribution >= 4 is 38.7 Å². The molecule has 9 heteroatoms. The second-order valence-corrected chi connectivity index (χ2v) is 8.34. The Balaban J connectivity index is 2.09. The first kappa shape index (κ1) is 20.8. The van der Waals surface area contributed by atoms with Gasteiger partial charge in [0.25, 0.3) is 15.3 Å². The van der Waals surface area contributed by atoms with Crippen molar-refractivity contribution in [1.29, 1.82) is 0 Å². The highest BCUT2D eigenvalue weighted by Gasteiger charge is 2.16. The van der Waals surface area contributed by atoms with E-state index in [0.29, 0.717) is 10.6 Å². The molecule has 0 heterocycles. The van der Waals surface area contributed by atoms with Crippen molar-refractivity contribution in [2.24, 2.45) is 0 Å². The Morgan fingerprint density at radius 3 is 2.15 bits per heavy atom. The maximum Gasteiger partial charge on any atom is 0.338 e. The highest BCUT2D eigenvalue weighted by atomic mass is 32.2. The topological polar surface area (TPSA) is 92.8 Å². The smallest absolute Gasteiger partial charge is 0.338 e. The maximum atomic E-state index is 12.5. The maximum absolute atomic E-state index is 12.5. The zero-order valence-electron chi connectivity index (χ0n) is 15.1. The quantitative estimate of drug-likeness (QED) is 0.581. The van der Waals surface area contributed by atoms with Crippen LogP contribution in [0.4, 0.5) is 10.5 Å². The van der Waals surface area contributed by atoms with Gasteiger partial charge in [-0.1, -0.05) is 0 Å². The number of carbonyl (C=O) groups is 2. The van der Waals surface area contributed by atoms with E-state index in [0.717, 1.165) is 11.8 Å². The average Bonchev–Trinajstić information content (AvgIpc) is 2.63. The third-order valence-corrected chi connectivity index (χ3v) is 5.80. The van der Waals surface area contributed by atoms with Crippen LogP contribution in [0.15, 0.2) is 58.3 Å². The van der Waals surface area contributed by atoms with Crippen LogP contribution in [0, 0.1) is 0 Å². The van der Waals surface area contributed by atoms with Gasteiger partial charge in [-0.15, -0.1) is 0 Å². The Morgan fingerprint density at radius 2 is 1.63 bits per heavy atom. The van der Waals surface area contributed by atoms with Crippen molar-refractivity contribution in [3.05, 3.63) is 54.1 Å². The van der Waals surface area contributed by atoms with E-state index in [9.17, 15) is 18.0 Å². The molecule has 0 unspecified atom stereocenters. The predicted octanol–water partition coefficient (Wildman–Crippen LogP) is 3.44. The minimum absolute atomic E-state index is 0.0248. The minimum atomic E-state index is -3.80. The molecule has 0 spiro atoms. The molecule has 144 valence electrons. The van der Waals surface area contributed by atoms with Gasteiger partial charge in [-0.3, -0.25) is 9.52 Å². The minimum Gasteiger partial charge on any atom is -0.462 e. The van der Waals surface area contributed by atoms with Crippen LogP contribution in [0.2, 0.25) is 0 Å². The van der Waals surface area contributed by atoms with Crippen molar-refractivity contribution in [2.75, 3.05) is 25.4 Å². The summed E-state index contributed by atoms with van der Waals surface area (Å²) in [5, 5.41) is -0.120. The number of ether oxygens (including phenoxy) is 1. The number of nitrogens with one attached hydrogen (secondary N) is 1. The second kappa shape index (κ2) is 8.92. The summed E-state index contributed by atoms with van der Waals surface area (Å²) in [6.45, 7) is 1.94. The summed E-state index contributed by atoms with van der Waals surface area (Å²) in [6, 6.07) is 12.0. The number of nitrogens with zero attached hydrogens (tertiary/aromatic N) is 1. The third kappa shape index (κ3) is 5.73. The lowest BCUT2D eigenvalue weighted by molar-refractivity contribution is 0.0526.